The molecule has 1 aliphatic rings. The number of nitrogens with zero attached hydrogens (tertiary/aromatic N) is 1. The van der Waals surface area contributed by atoms with Gasteiger partial charge in [0, 0.05) is 10.4 Å². The molecule has 2 amide bonds. The fraction of sp³-hybridized carbons (Fsp3) is 0.133. The van der Waals surface area contributed by atoms with Gasteiger partial charge in [-0.3, -0.25) is 14.4 Å². The molecule has 1 aromatic heterocycles. The van der Waals surface area contributed by atoms with Crippen molar-refractivity contribution in [3.05, 3.63) is 51.4 Å². The predicted octanol–water partition coefficient (Wildman–Crippen LogP) is 2.16. The Labute approximate surface area is 124 Å². The van der Waals surface area contributed by atoms with E-state index in [9.17, 15) is 19.5 Å². The van der Waals surface area contributed by atoms with Gasteiger partial charge in [0.15, 0.2) is 6.29 Å². The molecular weight excluding hydrogens is 290 g/mol. The molecule has 3 rings (SSSR count). The van der Waals surface area contributed by atoms with Gasteiger partial charge in [0.05, 0.1) is 23.3 Å². The van der Waals surface area contributed by atoms with Gasteiger partial charge in [-0.1, -0.05) is 12.1 Å². The minimum Gasteiger partial charge on any atom is -0.392 e. The van der Waals surface area contributed by atoms with Crippen molar-refractivity contribution >= 4 is 34.4 Å². The molecule has 0 radical (unpaired) electrons. The summed E-state index contributed by atoms with van der Waals surface area (Å²) in [6.45, 7) is 1.43. The minimum atomic E-state index is -0.440. The fourth-order valence-electron chi connectivity index (χ4n) is 2.44. The molecule has 0 unspecified atom stereocenters. The van der Waals surface area contributed by atoms with Crippen molar-refractivity contribution in [2.45, 2.75) is 13.5 Å². The fourth-order valence-corrected chi connectivity index (χ4v) is 3.56. The maximum Gasteiger partial charge on any atom is 0.266 e. The summed E-state index contributed by atoms with van der Waals surface area (Å²) < 4.78 is 0. The second-order valence-electron chi connectivity index (χ2n) is 4.62. The molecule has 21 heavy (non-hydrogen) atoms. The molecule has 0 saturated heterocycles. The number of hydrogen-bond acceptors (Lipinski definition) is 5. The van der Waals surface area contributed by atoms with E-state index in [2.05, 4.69) is 0 Å². The van der Waals surface area contributed by atoms with Gasteiger partial charge in [0.1, 0.15) is 5.00 Å². The molecule has 1 aromatic carbocycles. The van der Waals surface area contributed by atoms with Crippen LogP contribution < -0.4 is 4.90 Å². The van der Waals surface area contributed by atoms with Gasteiger partial charge < -0.3 is 5.11 Å². The SMILES string of the molecule is Cc1sc(N2C(=O)c3ccccc3C2=O)c(C=O)c1CO. The molecule has 0 atom stereocenters. The Kier molecular flexibility index (Phi) is 3.19. The van der Waals surface area contributed by atoms with Gasteiger partial charge in [-0.25, -0.2) is 4.90 Å². The monoisotopic (exact) mass is 301 g/mol. The Bertz CT molecular complexity index is 743. The molecule has 0 spiro atoms. The number of thiophene rings is 1. The highest BCUT2D eigenvalue weighted by molar-refractivity contribution is 7.17. The van der Waals surface area contributed by atoms with E-state index in [0.29, 0.717) is 27.9 Å². The minimum absolute atomic E-state index is 0.203. The lowest BCUT2D eigenvalue weighted by Crippen LogP contribution is -2.29. The normalized spacial score (nSPS) is 13.7. The summed E-state index contributed by atoms with van der Waals surface area (Å²) in [4.78, 5) is 37.9. The van der Waals surface area contributed by atoms with Crippen molar-refractivity contribution in [2.75, 3.05) is 4.90 Å². The van der Waals surface area contributed by atoms with Crippen LogP contribution >= 0.6 is 11.3 Å². The van der Waals surface area contributed by atoms with Crippen LogP contribution in [0.1, 0.15) is 41.5 Å². The van der Waals surface area contributed by atoms with E-state index in [4.69, 9.17) is 0 Å². The molecule has 106 valence electrons. The number of hydrogen-bond donors (Lipinski definition) is 1. The van der Waals surface area contributed by atoms with Crippen LogP contribution in [0.2, 0.25) is 0 Å². The van der Waals surface area contributed by atoms with Crippen LogP contribution in [-0.4, -0.2) is 23.2 Å². The summed E-state index contributed by atoms with van der Waals surface area (Å²) in [5, 5.41) is 9.63. The van der Waals surface area contributed by atoms with E-state index in [1.54, 1.807) is 31.2 Å². The molecule has 0 aliphatic carbocycles. The second kappa shape index (κ2) is 4.91. The first-order valence-electron chi connectivity index (χ1n) is 6.26. The van der Waals surface area contributed by atoms with Gasteiger partial charge in [0.2, 0.25) is 0 Å². The van der Waals surface area contributed by atoms with Gasteiger partial charge in [-0.05, 0) is 19.1 Å². The quantitative estimate of drug-likeness (QED) is 0.696. The lowest BCUT2D eigenvalue weighted by atomic mass is 10.1. The Hall–Kier alpha value is -2.31. The third-order valence-corrected chi connectivity index (χ3v) is 4.65. The van der Waals surface area contributed by atoms with Crippen LogP contribution in [0.25, 0.3) is 0 Å². The average molecular weight is 301 g/mol. The van der Waals surface area contributed by atoms with Crippen molar-refractivity contribution in [1.29, 1.82) is 0 Å². The number of aliphatic hydroxyl groups is 1. The zero-order valence-corrected chi connectivity index (χ0v) is 11.9. The lowest BCUT2D eigenvalue weighted by Gasteiger charge is -2.12. The molecule has 5 nitrogen and oxygen atoms in total. The number of aldehydes is 1. The molecule has 0 bridgehead atoms. The molecule has 2 aromatic rings. The van der Waals surface area contributed by atoms with Crippen LogP contribution in [-0.2, 0) is 6.61 Å². The summed E-state index contributed by atoms with van der Waals surface area (Å²) in [5.41, 5.74) is 1.32. The van der Waals surface area contributed by atoms with E-state index in [0.717, 1.165) is 16.2 Å². The van der Waals surface area contributed by atoms with Gasteiger partial charge >= 0.3 is 0 Å². The third-order valence-electron chi connectivity index (χ3n) is 3.50. The molecule has 1 aliphatic heterocycles. The van der Waals surface area contributed by atoms with E-state index in [-0.39, 0.29) is 17.2 Å². The Balaban J connectivity index is 2.18. The van der Waals surface area contributed by atoms with Crippen LogP contribution in [0.5, 0.6) is 0 Å². The smallest absolute Gasteiger partial charge is 0.266 e. The van der Waals surface area contributed by atoms with Crippen molar-refractivity contribution in [1.82, 2.24) is 0 Å². The van der Waals surface area contributed by atoms with Crippen molar-refractivity contribution < 1.29 is 19.5 Å². The highest BCUT2D eigenvalue weighted by Crippen LogP contribution is 2.38. The number of benzene rings is 1. The molecule has 0 fully saturated rings. The van der Waals surface area contributed by atoms with Crippen LogP contribution in [0.3, 0.4) is 0 Å². The second-order valence-corrected chi connectivity index (χ2v) is 5.83. The maximum atomic E-state index is 12.4. The first kappa shape index (κ1) is 13.7. The van der Waals surface area contributed by atoms with Gasteiger partial charge in [-0.2, -0.15) is 0 Å². The van der Waals surface area contributed by atoms with Gasteiger partial charge in [0.25, 0.3) is 11.8 Å². The zero-order valence-electron chi connectivity index (χ0n) is 11.1. The Morgan fingerprint density at radius 1 is 1.19 bits per heavy atom. The summed E-state index contributed by atoms with van der Waals surface area (Å²) in [5.74, 6) is -0.881. The maximum absolute atomic E-state index is 12.4. The average Bonchev–Trinajstić information content (AvgIpc) is 2.94. The Morgan fingerprint density at radius 2 is 1.76 bits per heavy atom. The molecule has 1 N–H and O–H groups in total. The highest BCUT2D eigenvalue weighted by atomic mass is 32.1. The predicted molar refractivity (Wildman–Crippen MR) is 77.9 cm³/mol. The first-order chi connectivity index (χ1) is 10.1. The topological polar surface area (TPSA) is 74.7 Å². The van der Waals surface area contributed by atoms with E-state index >= 15 is 0 Å². The molecule has 0 saturated carbocycles. The molecular formula is C15H11NO4S. The number of carbonyl (C=O) groups is 3. The zero-order chi connectivity index (χ0) is 15.1. The van der Waals surface area contributed by atoms with Crippen LogP contribution in [0.4, 0.5) is 5.00 Å². The number of fused-ring (bicyclic) bond motifs is 1. The molecule has 6 heteroatoms. The molecule has 2 heterocycles. The van der Waals surface area contributed by atoms with Crippen molar-refractivity contribution in [3.8, 4) is 0 Å². The number of rotatable bonds is 3. The van der Waals surface area contributed by atoms with Crippen LogP contribution in [0.15, 0.2) is 24.3 Å². The summed E-state index contributed by atoms with van der Waals surface area (Å²) >= 11 is 1.16. The summed E-state index contributed by atoms with van der Waals surface area (Å²) in [6.07, 6.45) is 0.577. The third kappa shape index (κ3) is 1.84. The summed E-state index contributed by atoms with van der Waals surface area (Å²) in [6, 6.07) is 6.55. The highest BCUT2D eigenvalue weighted by Gasteiger charge is 2.39. The standard InChI is InChI=1S/C15H11NO4S/c1-8-11(6-17)12(7-18)15(21-8)16-13(19)9-4-2-3-5-10(9)14(16)20/h2-5,7,17H,6H2,1H3. The summed E-state index contributed by atoms with van der Waals surface area (Å²) in [7, 11) is 0. The number of aliphatic hydroxyl groups excluding tert-OH is 1. The van der Waals surface area contributed by atoms with Crippen molar-refractivity contribution in [3.63, 3.8) is 0 Å². The number of amides is 2. The number of imide groups is 1. The van der Waals surface area contributed by atoms with E-state index in [1.807, 2.05) is 0 Å². The lowest BCUT2D eigenvalue weighted by molar-refractivity contribution is 0.0927. The van der Waals surface area contributed by atoms with E-state index in [1.165, 1.54) is 0 Å². The largest absolute Gasteiger partial charge is 0.392 e. The number of anilines is 1. The van der Waals surface area contributed by atoms with Crippen molar-refractivity contribution in [2.24, 2.45) is 0 Å². The number of carbonyl (C=O) groups excluding carboxylic acids is 3. The van der Waals surface area contributed by atoms with Crippen LogP contribution in [0, 0.1) is 6.92 Å². The first-order valence-corrected chi connectivity index (χ1v) is 7.08. The Morgan fingerprint density at radius 3 is 2.24 bits per heavy atom. The van der Waals surface area contributed by atoms with Gasteiger partial charge in [-0.15, -0.1) is 11.3 Å². The number of aryl methyl sites for hydroxylation is 1. The van der Waals surface area contributed by atoms with E-state index < -0.39 is 11.8 Å².